The number of amides is 1. The van der Waals surface area contributed by atoms with Crippen LogP contribution >= 0.6 is 0 Å². The quantitative estimate of drug-likeness (QED) is 0.305. The van der Waals surface area contributed by atoms with Crippen LogP contribution in [-0.4, -0.2) is 82.1 Å². The van der Waals surface area contributed by atoms with E-state index >= 15 is 0 Å². The molecular weight excluding hydrogens is 572 g/mol. The lowest BCUT2D eigenvalue weighted by molar-refractivity contribution is -0.243. The van der Waals surface area contributed by atoms with E-state index in [0.29, 0.717) is 30.2 Å². The molecule has 3 unspecified atom stereocenters. The number of hydrogen-bond donors (Lipinski definition) is 3. The van der Waals surface area contributed by atoms with Crippen molar-refractivity contribution in [2.24, 2.45) is 50.2 Å². The first-order valence-electron chi connectivity index (χ1n) is 19.4. The van der Waals surface area contributed by atoms with Crippen molar-refractivity contribution in [1.29, 1.82) is 0 Å². The molecule has 0 aromatic carbocycles. The number of rotatable bonds is 3. The summed E-state index contributed by atoms with van der Waals surface area (Å²) in [5.41, 5.74) is 0.732. The molecule has 6 heteroatoms. The first-order chi connectivity index (χ1) is 21.7. The summed E-state index contributed by atoms with van der Waals surface area (Å²) in [6, 6.07) is 0.652. The van der Waals surface area contributed by atoms with E-state index in [1.165, 1.54) is 32.4 Å². The van der Waals surface area contributed by atoms with E-state index in [1.54, 1.807) is 5.57 Å². The van der Waals surface area contributed by atoms with Gasteiger partial charge >= 0.3 is 0 Å². The van der Waals surface area contributed by atoms with Gasteiger partial charge in [0.25, 0.3) is 0 Å². The van der Waals surface area contributed by atoms with E-state index in [4.69, 9.17) is 0 Å². The Morgan fingerprint density at radius 3 is 2.17 bits per heavy atom. The summed E-state index contributed by atoms with van der Waals surface area (Å²) in [7, 11) is 0. The van der Waals surface area contributed by atoms with Gasteiger partial charge in [0.2, 0.25) is 5.91 Å². The number of carbonyl (C=O) groups excluding carboxylic acids is 1. The molecular formula is C40H66N2O4. The fraction of sp³-hybridized carbons (Fsp3) is 0.925. The Kier molecular flexibility index (Phi) is 8.23. The molecule has 0 spiro atoms. The molecule has 46 heavy (non-hydrogen) atoms. The van der Waals surface area contributed by atoms with Gasteiger partial charge in [-0.1, -0.05) is 59.6 Å². The minimum atomic E-state index is -0.888. The average Bonchev–Trinajstić information content (AvgIpc) is 3.04. The number of likely N-dealkylation sites (tertiary alicyclic amines) is 2. The largest absolute Gasteiger partial charge is 0.396 e. The monoisotopic (exact) mass is 639 g/mol. The second-order valence-electron chi connectivity index (χ2n) is 19.4. The van der Waals surface area contributed by atoms with Gasteiger partial charge in [0.05, 0.1) is 24.2 Å². The third kappa shape index (κ3) is 4.64. The molecule has 6 fully saturated rings. The van der Waals surface area contributed by atoms with Gasteiger partial charge in [-0.3, -0.25) is 4.79 Å². The topological polar surface area (TPSA) is 84.2 Å². The van der Waals surface area contributed by atoms with Gasteiger partial charge in [0.15, 0.2) is 0 Å². The molecule has 2 aliphatic heterocycles. The summed E-state index contributed by atoms with van der Waals surface area (Å²) < 4.78 is 0. The lowest BCUT2D eigenvalue weighted by Crippen LogP contribution is -2.68. The summed E-state index contributed by atoms with van der Waals surface area (Å²) in [4.78, 5) is 20.0. The molecule has 1 amide bonds. The molecule has 7 aliphatic rings. The highest BCUT2D eigenvalue weighted by atomic mass is 16.3. The van der Waals surface area contributed by atoms with E-state index in [1.807, 2.05) is 6.92 Å². The van der Waals surface area contributed by atoms with Crippen LogP contribution in [0.2, 0.25) is 0 Å². The number of aliphatic hydroxyl groups excluding tert-OH is 3. The summed E-state index contributed by atoms with van der Waals surface area (Å²) in [6.07, 6.45) is 16.1. The van der Waals surface area contributed by atoms with Gasteiger partial charge in [0, 0.05) is 24.5 Å². The summed E-state index contributed by atoms with van der Waals surface area (Å²) in [5, 5.41) is 33.0. The molecule has 0 aromatic heterocycles. The molecule has 0 aromatic rings. The third-order valence-corrected chi connectivity index (χ3v) is 16.8. The summed E-state index contributed by atoms with van der Waals surface area (Å²) in [5.74, 6) is 1.31. The van der Waals surface area contributed by atoms with Crippen molar-refractivity contribution in [1.82, 2.24) is 9.80 Å². The molecule has 0 radical (unpaired) electrons. The van der Waals surface area contributed by atoms with Gasteiger partial charge in [-0.2, -0.15) is 0 Å². The maximum atomic E-state index is 15.0. The average molecular weight is 639 g/mol. The van der Waals surface area contributed by atoms with E-state index in [2.05, 4.69) is 50.5 Å². The van der Waals surface area contributed by atoms with E-state index < -0.39 is 17.6 Å². The van der Waals surface area contributed by atoms with Crippen LogP contribution in [0.3, 0.4) is 0 Å². The first-order valence-corrected chi connectivity index (χ1v) is 19.4. The van der Waals surface area contributed by atoms with Crippen molar-refractivity contribution >= 4 is 5.91 Å². The van der Waals surface area contributed by atoms with Gasteiger partial charge in [0.1, 0.15) is 0 Å². The van der Waals surface area contributed by atoms with Crippen molar-refractivity contribution in [3.8, 4) is 0 Å². The zero-order valence-corrected chi connectivity index (χ0v) is 30.1. The highest BCUT2D eigenvalue weighted by molar-refractivity contribution is 5.84. The highest BCUT2D eigenvalue weighted by Crippen LogP contribution is 2.76. The maximum absolute atomic E-state index is 15.0. The summed E-state index contributed by atoms with van der Waals surface area (Å²) in [6.45, 7) is 18.6. The number of carbonyl (C=O) groups is 1. The normalized spacial score (nSPS) is 49.6. The van der Waals surface area contributed by atoms with Crippen LogP contribution < -0.4 is 0 Å². The molecule has 260 valence electrons. The van der Waals surface area contributed by atoms with Gasteiger partial charge in [-0.25, -0.2) is 0 Å². The van der Waals surface area contributed by atoms with Crippen molar-refractivity contribution < 1.29 is 20.1 Å². The van der Waals surface area contributed by atoms with Crippen LogP contribution in [0.4, 0.5) is 0 Å². The number of hydrogen-bond acceptors (Lipinski definition) is 5. The second kappa shape index (κ2) is 11.3. The number of fused-ring (bicyclic) bond motifs is 7. The zero-order valence-electron chi connectivity index (χ0n) is 30.1. The number of nitrogens with zero attached hydrogens (tertiary/aromatic N) is 2. The molecule has 2 heterocycles. The van der Waals surface area contributed by atoms with Gasteiger partial charge in [-0.15, -0.1) is 0 Å². The third-order valence-electron chi connectivity index (χ3n) is 16.8. The standard InChI is InChI=1S/C40H66N2O4/c1-35(2)16-18-40(34(46)42-22-13-27(14-23-42)41-20-8-7-9-21-41)19-17-38(5)28(29(40)24-35)10-11-32-36(3)25-30(44)33(45)37(4,26-43)31(36)12-15-39(32,38)6/h10,27,29-33,43-45H,7-9,11-26H2,1-6H3/t29?,30-,31?,32?,33+,36+,37+,38-,39-,40+/m1/s1. The molecule has 2 saturated heterocycles. The maximum Gasteiger partial charge on any atom is 0.229 e. The molecule has 4 saturated carbocycles. The predicted molar refractivity (Wildman–Crippen MR) is 183 cm³/mol. The SMILES string of the molecule is CC1(C)CC[C@]2(C(=O)N3CCC(N4CCCCC4)CC3)CC[C@]3(C)C(=CCC4[C@@]5(C)C[C@@H](O)[C@H](O)[C@@](C)(CO)C5CC[C@]43C)C2C1. The van der Waals surface area contributed by atoms with Crippen LogP contribution in [0.15, 0.2) is 11.6 Å². The minimum absolute atomic E-state index is 0.00362. The Labute approximate surface area is 279 Å². The Balaban J connectivity index is 1.20. The van der Waals surface area contributed by atoms with Crippen molar-refractivity contribution in [2.75, 3.05) is 32.8 Å². The molecule has 0 bridgehead atoms. The van der Waals surface area contributed by atoms with E-state index in [9.17, 15) is 20.1 Å². The molecule has 3 N–H and O–H groups in total. The molecule has 5 aliphatic carbocycles. The van der Waals surface area contributed by atoms with Crippen LogP contribution in [0.5, 0.6) is 0 Å². The fourth-order valence-electron chi connectivity index (χ4n) is 13.8. The smallest absolute Gasteiger partial charge is 0.229 e. The molecule has 7 rings (SSSR count). The Morgan fingerprint density at radius 1 is 0.826 bits per heavy atom. The van der Waals surface area contributed by atoms with Gasteiger partial charge < -0.3 is 25.1 Å². The zero-order chi connectivity index (χ0) is 32.9. The Bertz CT molecular complexity index is 1220. The van der Waals surface area contributed by atoms with E-state index in [-0.39, 0.29) is 39.6 Å². The molecule has 6 nitrogen and oxygen atoms in total. The lowest BCUT2D eigenvalue weighted by Gasteiger charge is -2.71. The van der Waals surface area contributed by atoms with Gasteiger partial charge in [-0.05, 0) is 136 Å². The van der Waals surface area contributed by atoms with Crippen molar-refractivity contribution in [3.63, 3.8) is 0 Å². The Hall–Kier alpha value is -0.950. The Morgan fingerprint density at radius 2 is 1.50 bits per heavy atom. The minimum Gasteiger partial charge on any atom is -0.396 e. The van der Waals surface area contributed by atoms with Crippen LogP contribution in [0.1, 0.15) is 131 Å². The van der Waals surface area contributed by atoms with Crippen LogP contribution in [0.25, 0.3) is 0 Å². The number of allylic oxidation sites excluding steroid dienone is 2. The lowest BCUT2D eigenvalue weighted by atomic mass is 9.33. The molecule has 10 atom stereocenters. The number of piperidine rings is 2. The second-order valence-corrected chi connectivity index (χ2v) is 19.4. The highest BCUT2D eigenvalue weighted by Gasteiger charge is 2.70. The van der Waals surface area contributed by atoms with E-state index in [0.717, 1.165) is 77.3 Å². The fourth-order valence-corrected chi connectivity index (χ4v) is 13.8. The van der Waals surface area contributed by atoms with Crippen molar-refractivity contribution in [2.45, 2.75) is 150 Å². The van der Waals surface area contributed by atoms with Crippen LogP contribution in [0, 0.1) is 50.2 Å². The summed E-state index contributed by atoms with van der Waals surface area (Å²) >= 11 is 0. The van der Waals surface area contributed by atoms with Crippen molar-refractivity contribution in [3.05, 3.63) is 11.6 Å². The number of aliphatic hydroxyl groups is 3. The first kappa shape index (κ1) is 33.5. The predicted octanol–water partition coefficient (Wildman–Crippen LogP) is 6.57. The van der Waals surface area contributed by atoms with Crippen LogP contribution in [-0.2, 0) is 4.79 Å².